The van der Waals surface area contributed by atoms with Crippen LogP contribution in [0.5, 0.6) is 5.75 Å². The van der Waals surface area contributed by atoms with Crippen molar-refractivity contribution in [3.05, 3.63) is 59.4 Å². The van der Waals surface area contributed by atoms with E-state index in [0.29, 0.717) is 11.4 Å². The standard InChI is InChI=1S/C15H15F3N2O/c1-21-11-4-2-10(3-5-11)20-14(8-19)9-6-12(16)15(18)13(17)7-9/h2-7,14,20H,8,19H2,1H3. The molecule has 0 fully saturated rings. The van der Waals surface area contributed by atoms with Gasteiger partial charge in [0.1, 0.15) is 5.75 Å². The van der Waals surface area contributed by atoms with Crippen LogP contribution < -0.4 is 15.8 Å². The second-order valence-electron chi connectivity index (χ2n) is 4.46. The summed E-state index contributed by atoms with van der Waals surface area (Å²) in [7, 11) is 1.55. The van der Waals surface area contributed by atoms with Gasteiger partial charge in [0, 0.05) is 12.2 Å². The zero-order valence-electron chi connectivity index (χ0n) is 11.4. The van der Waals surface area contributed by atoms with Gasteiger partial charge in [-0.3, -0.25) is 0 Å². The molecule has 0 saturated heterocycles. The highest BCUT2D eigenvalue weighted by Crippen LogP contribution is 2.23. The summed E-state index contributed by atoms with van der Waals surface area (Å²) in [5.74, 6) is -3.28. The molecule has 0 aromatic heterocycles. The molecule has 2 rings (SSSR count). The maximum atomic E-state index is 13.3. The summed E-state index contributed by atoms with van der Waals surface area (Å²) in [5.41, 5.74) is 6.57. The van der Waals surface area contributed by atoms with Gasteiger partial charge in [0.05, 0.1) is 13.2 Å². The Morgan fingerprint density at radius 2 is 1.67 bits per heavy atom. The summed E-state index contributed by atoms with van der Waals surface area (Å²) in [6.45, 7) is 0.0938. The Labute approximate surface area is 120 Å². The van der Waals surface area contributed by atoms with Gasteiger partial charge in [0.15, 0.2) is 17.5 Å². The van der Waals surface area contributed by atoms with Gasteiger partial charge in [-0.1, -0.05) is 0 Å². The third-order valence-corrected chi connectivity index (χ3v) is 3.08. The Bertz CT molecular complexity index is 594. The highest BCUT2D eigenvalue weighted by atomic mass is 19.2. The van der Waals surface area contributed by atoms with E-state index in [9.17, 15) is 13.2 Å². The number of nitrogens with two attached hydrogens (primary N) is 1. The third kappa shape index (κ3) is 3.46. The van der Waals surface area contributed by atoms with Crippen molar-refractivity contribution in [2.45, 2.75) is 6.04 Å². The normalized spacial score (nSPS) is 12.0. The molecular weight excluding hydrogens is 281 g/mol. The molecule has 3 N–H and O–H groups in total. The summed E-state index contributed by atoms with van der Waals surface area (Å²) in [6, 6.07) is 8.31. The van der Waals surface area contributed by atoms with E-state index in [-0.39, 0.29) is 12.1 Å². The fraction of sp³-hybridized carbons (Fsp3) is 0.200. The summed E-state index contributed by atoms with van der Waals surface area (Å²) < 4.78 is 44.6. The number of nitrogens with one attached hydrogen (secondary N) is 1. The number of rotatable bonds is 5. The van der Waals surface area contributed by atoms with E-state index in [2.05, 4.69) is 5.32 Å². The third-order valence-electron chi connectivity index (χ3n) is 3.08. The lowest BCUT2D eigenvalue weighted by atomic mass is 10.1. The van der Waals surface area contributed by atoms with Crippen molar-refractivity contribution < 1.29 is 17.9 Å². The molecule has 0 aliphatic rings. The first-order valence-corrected chi connectivity index (χ1v) is 6.30. The molecule has 1 unspecified atom stereocenters. The van der Waals surface area contributed by atoms with Crippen LogP contribution in [0.1, 0.15) is 11.6 Å². The molecule has 0 radical (unpaired) electrons. The zero-order chi connectivity index (χ0) is 15.4. The number of halogens is 3. The van der Waals surface area contributed by atoms with Crippen LogP contribution in [-0.2, 0) is 0 Å². The molecule has 0 bridgehead atoms. The smallest absolute Gasteiger partial charge is 0.194 e. The molecule has 6 heteroatoms. The predicted molar refractivity (Wildman–Crippen MR) is 74.7 cm³/mol. The van der Waals surface area contributed by atoms with Gasteiger partial charge in [0.2, 0.25) is 0 Å². The van der Waals surface area contributed by atoms with Crippen LogP contribution in [0.25, 0.3) is 0 Å². The Morgan fingerprint density at radius 3 is 2.14 bits per heavy atom. The molecule has 0 spiro atoms. The molecular formula is C15H15F3N2O. The topological polar surface area (TPSA) is 47.3 Å². The first-order chi connectivity index (χ1) is 10.0. The molecule has 1 atom stereocenters. The second-order valence-corrected chi connectivity index (χ2v) is 4.46. The molecule has 0 aliphatic heterocycles. The van der Waals surface area contributed by atoms with Crippen LogP contribution in [0.3, 0.4) is 0 Å². The molecule has 0 heterocycles. The van der Waals surface area contributed by atoms with E-state index in [4.69, 9.17) is 10.5 Å². The summed E-state index contributed by atoms with van der Waals surface area (Å²) in [5, 5.41) is 3.03. The van der Waals surface area contributed by atoms with Crippen LogP contribution >= 0.6 is 0 Å². The van der Waals surface area contributed by atoms with E-state index in [1.54, 1.807) is 31.4 Å². The fourth-order valence-electron chi connectivity index (χ4n) is 1.94. The van der Waals surface area contributed by atoms with E-state index < -0.39 is 23.5 Å². The van der Waals surface area contributed by atoms with Crippen LogP contribution in [0.2, 0.25) is 0 Å². The lowest BCUT2D eigenvalue weighted by molar-refractivity contribution is 0.415. The van der Waals surface area contributed by atoms with Crippen LogP contribution in [0.15, 0.2) is 36.4 Å². The number of methoxy groups -OCH3 is 1. The lowest BCUT2D eigenvalue weighted by Gasteiger charge is -2.19. The van der Waals surface area contributed by atoms with Crippen LogP contribution in [0, 0.1) is 17.5 Å². The molecule has 0 aliphatic carbocycles. The fourth-order valence-corrected chi connectivity index (χ4v) is 1.94. The lowest BCUT2D eigenvalue weighted by Crippen LogP contribution is -2.21. The van der Waals surface area contributed by atoms with Crippen molar-refractivity contribution in [1.29, 1.82) is 0 Å². The van der Waals surface area contributed by atoms with Gasteiger partial charge in [-0.05, 0) is 42.0 Å². The predicted octanol–water partition coefficient (Wildman–Crippen LogP) is 3.22. The van der Waals surface area contributed by atoms with Gasteiger partial charge in [-0.15, -0.1) is 0 Å². The largest absolute Gasteiger partial charge is 0.497 e. The zero-order valence-corrected chi connectivity index (χ0v) is 11.4. The number of benzene rings is 2. The number of ether oxygens (including phenoxy) is 1. The first-order valence-electron chi connectivity index (χ1n) is 6.30. The van der Waals surface area contributed by atoms with Crippen molar-refractivity contribution in [2.75, 3.05) is 19.0 Å². The monoisotopic (exact) mass is 296 g/mol. The summed E-state index contributed by atoms with van der Waals surface area (Å²) in [6.07, 6.45) is 0. The van der Waals surface area contributed by atoms with Gasteiger partial charge in [-0.25, -0.2) is 13.2 Å². The van der Waals surface area contributed by atoms with Crippen molar-refractivity contribution in [1.82, 2.24) is 0 Å². The SMILES string of the molecule is COc1ccc(NC(CN)c2cc(F)c(F)c(F)c2)cc1. The van der Waals surface area contributed by atoms with Gasteiger partial charge < -0.3 is 15.8 Å². The second kappa shape index (κ2) is 6.49. The van der Waals surface area contributed by atoms with Gasteiger partial charge >= 0.3 is 0 Å². The maximum Gasteiger partial charge on any atom is 0.194 e. The Hall–Kier alpha value is -2.21. The molecule has 2 aromatic carbocycles. The van der Waals surface area contributed by atoms with E-state index in [0.717, 1.165) is 12.1 Å². The number of anilines is 1. The maximum absolute atomic E-state index is 13.3. The molecule has 112 valence electrons. The van der Waals surface area contributed by atoms with Crippen molar-refractivity contribution >= 4 is 5.69 Å². The minimum Gasteiger partial charge on any atom is -0.497 e. The van der Waals surface area contributed by atoms with Gasteiger partial charge in [0.25, 0.3) is 0 Å². The highest BCUT2D eigenvalue weighted by Gasteiger charge is 2.16. The molecule has 0 saturated carbocycles. The van der Waals surface area contributed by atoms with Crippen LogP contribution in [-0.4, -0.2) is 13.7 Å². The van der Waals surface area contributed by atoms with Gasteiger partial charge in [-0.2, -0.15) is 0 Å². The van der Waals surface area contributed by atoms with E-state index >= 15 is 0 Å². The minimum atomic E-state index is -1.49. The average Bonchev–Trinajstić information content (AvgIpc) is 2.50. The van der Waals surface area contributed by atoms with Crippen molar-refractivity contribution in [3.63, 3.8) is 0 Å². The number of hydrogen-bond donors (Lipinski definition) is 2. The quantitative estimate of drug-likeness (QED) is 0.833. The van der Waals surface area contributed by atoms with E-state index in [1.165, 1.54) is 0 Å². The molecule has 3 nitrogen and oxygen atoms in total. The minimum absolute atomic E-state index is 0.0938. The summed E-state index contributed by atoms with van der Waals surface area (Å²) in [4.78, 5) is 0. The van der Waals surface area contributed by atoms with Crippen LogP contribution in [0.4, 0.5) is 18.9 Å². The number of hydrogen-bond acceptors (Lipinski definition) is 3. The Kier molecular flexibility index (Phi) is 4.70. The van der Waals surface area contributed by atoms with Crippen molar-refractivity contribution in [3.8, 4) is 5.75 Å². The highest BCUT2D eigenvalue weighted by molar-refractivity contribution is 5.48. The molecule has 0 amide bonds. The average molecular weight is 296 g/mol. The molecule has 2 aromatic rings. The summed E-state index contributed by atoms with van der Waals surface area (Å²) >= 11 is 0. The molecule has 21 heavy (non-hydrogen) atoms. The van der Waals surface area contributed by atoms with E-state index in [1.807, 2.05) is 0 Å². The Morgan fingerprint density at radius 1 is 1.10 bits per heavy atom. The first kappa shape index (κ1) is 15.2. The Balaban J connectivity index is 2.23. The van der Waals surface area contributed by atoms with Crippen molar-refractivity contribution in [2.24, 2.45) is 5.73 Å².